The van der Waals surface area contributed by atoms with Gasteiger partial charge in [-0.25, -0.2) is 0 Å². The average Bonchev–Trinajstić information content (AvgIpc) is 3.05. The average molecular weight is 328 g/mol. The normalized spacial score (nSPS) is 31.0. The lowest BCUT2D eigenvalue weighted by Gasteiger charge is -2.24. The van der Waals surface area contributed by atoms with E-state index < -0.39 is 0 Å². The molecule has 0 spiro atoms. The third-order valence-corrected chi connectivity index (χ3v) is 6.25. The summed E-state index contributed by atoms with van der Waals surface area (Å²) in [5.41, 5.74) is 1.58. The van der Waals surface area contributed by atoms with Gasteiger partial charge in [0.15, 0.2) is 0 Å². The lowest BCUT2D eigenvalue weighted by atomic mass is 9.93. The molecule has 0 unspecified atom stereocenters. The molecule has 4 heteroatoms. The lowest BCUT2D eigenvalue weighted by molar-refractivity contribution is -0.125. The molecule has 3 fully saturated rings. The van der Waals surface area contributed by atoms with Gasteiger partial charge >= 0.3 is 0 Å². The van der Waals surface area contributed by atoms with Crippen LogP contribution in [-0.4, -0.2) is 43.7 Å². The van der Waals surface area contributed by atoms with Crippen molar-refractivity contribution in [1.29, 1.82) is 0 Å². The molecule has 0 aromatic heterocycles. The number of methoxy groups -OCH3 is 1. The molecule has 0 bridgehead atoms. The highest BCUT2D eigenvalue weighted by molar-refractivity contribution is 5.80. The molecule has 1 aromatic rings. The van der Waals surface area contributed by atoms with Crippen LogP contribution in [0.5, 0.6) is 0 Å². The summed E-state index contributed by atoms with van der Waals surface area (Å²) in [4.78, 5) is 15.4. The molecule has 1 aliphatic carbocycles. The smallest absolute Gasteiger partial charge is 0.224 e. The zero-order valence-electron chi connectivity index (χ0n) is 14.5. The lowest BCUT2D eigenvalue weighted by Crippen LogP contribution is -2.40. The second kappa shape index (κ2) is 6.49. The molecule has 0 radical (unpaired) electrons. The topological polar surface area (TPSA) is 41.6 Å². The van der Waals surface area contributed by atoms with Crippen LogP contribution in [0.2, 0.25) is 0 Å². The third kappa shape index (κ3) is 2.98. The first kappa shape index (κ1) is 16.1. The molecule has 1 amide bonds. The number of carbonyl (C=O) groups is 1. The van der Waals surface area contributed by atoms with E-state index >= 15 is 0 Å². The van der Waals surface area contributed by atoms with Crippen LogP contribution >= 0.6 is 0 Å². The minimum atomic E-state index is 0.135. The van der Waals surface area contributed by atoms with Crippen LogP contribution < -0.4 is 5.32 Å². The number of ether oxygens (including phenoxy) is 1. The van der Waals surface area contributed by atoms with Crippen LogP contribution in [0.15, 0.2) is 30.3 Å². The zero-order valence-corrected chi connectivity index (χ0v) is 14.5. The maximum absolute atomic E-state index is 12.9. The van der Waals surface area contributed by atoms with E-state index in [1.165, 1.54) is 24.8 Å². The zero-order chi connectivity index (χ0) is 16.6. The summed E-state index contributed by atoms with van der Waals surface area (Å²) >= 11 is 0. The van der Waals surface area contributed by atoms with Gasteiger partial charge in [0.2, 0.25) is 5.91 Å². The number of hydrogen-bond acceptors (Lipinski definition) is 3. The van der Waals surface area contributed by atoms with Crippen molar-refractivity contribution in [2.75, 3.05) is 26.8 Å². The standard InChI is InChI=1S/C20H28N2O2/c1-24-14-20(9-10-20)13-21-19(23)16-12-18(15-6-3-2-4-7-15)22-11-5-8-17(16)22/h2-4,6-7,16-18H,5,8-14H2,1H3,(H,21,23)/t16-,17+,18-/m0/s1. The number of benzene rings is 1. The monoisotopic (exact) mass is 328 g/mol. The van der Waals surface area contributed by atoms with Gasteiger partial charge in [-0.05, 0) is 44.2 Å². The van der Waals surface area contributed by atoms with Gasteiger partial charge in [-0.2, -0.15) is 0 Å². The quantitative estimate of drug-likeness (QED) is 0.873. The summed E-state index contributed by atoms with van der Waals surface area (Å²) in [5.74, 6) is 0.392. The number of fused-ring (bicyclic) bond motifs is 1. The predicted octanol–water partition coefficient (Wildman–Crippen LogP) is 2.75. The van der Waals surface area contributed by atoms with Crippen LogP contribution in [-0.2, 0) is 9.53 Å². The van der Waals surface area contributed by atoms with Crippen molar-refractivity contribution in [3.63, 3.8) is 0 Å². The van der Waals surface area contributed by atoms with Crippen LogP contribution in [0.4, 0.5) is 0 Å². The molecular weight excluding hydrogens is 300 g/mol. The Morgan fingerprint density at radius 1 is 1.33 bits per heavy atom. The Bertz CT molecular complexity index is 585. The summed E-state index contributed by atoms with van der Waals surface area (Å²) in [6.45, 7) is 2.67. The summed E-state index contributed by atoms with van der Waals surface area (Å²) in [6.07, 6.45) is 5.68. The maximum atomic E-state index is 12.9. The molecule has 24 heavy (non-hydrogen) atoms. The number of carbonyl (C=O) groups excluding carboxylic acids is 1. The highest BCUT2D eigenvalue weighted by Crippen LogP contribution is 2.47. The molecule has 4 nitrogen and oxygen atoms in total. The van der Waals surface area contributed by atoms with E-state index in [2.05, 4.69) is 40.5 Å². The molecule has 2 aliphatic heterocycles. The third-order valence-electron chi connectivity index (χ3n) is 6.25. The van der Waals surface area contributed by atoms with Crippen molar-refractivity contribution in [2.24, 2.45) is 11.3 Å². The Morgan fingerprint density at radius 2 is 2.12 bits per heavy atom. The van der Waals surface area contributed by atoms with Crippen LogP contribution in [0, 0.1) is 11.3 Å². The molecule has 1 N–H and O–H groups in total. The second-order valence-corrected chi connectivity index (χ2v) is 7.87. The van der Waals surface area contributed by atoms with Crippen molar-refractivity contribution in [3.05, 3.63) is 35.9 Å². The molecule has 4 rings (SSSR count). The first-order valence-electron chi connectivity index (χ1n) is 9.30. The van der Waals surface area contributed by atoms with Crippen molar-refractivity contribution >= 4 is 5.91 Å². The van der Waals surface area contributed by atoms with E-state index in [4.69, 9.17) is 4.74 Å². The SMILES string of the molecule is COCC1(CNC(=O)[C@H]2C[C@@H](c3ccccc3)N3CCC[C@H]23)CC1. The Labute approximate surface area is 144 Å². The van der Waals surface area contributed by atoms with Crippen molar-refractivity contribution in [3.8, 4) is 0 Å². The Kier molecular flexibility index (Phi) is 4.35. The van der Waals surface area contributed by atoms with Crippen molar-refractivity contribution in [1.82, 2.24) is 10.2 Å². The van der Waals surface area contributed by atoms with E-state index in [-0.39, 0.29) is 17.2 Å². The molecular formula is C20H28N2O2. The number of nitrogens with zero attached hydrogens (tertiary/aromatic N) is 1. The van der Waals surface area contributed by atoms with Crippen molar-refractivity contribution < 1.29 is 9.53 Å². The van der Waals surface area contributed by atoms with E-state index in [1.54, 1.807) is 7.11 Å². The molecule has 1 aromatic carbocycles. The number of amides is 1. The van der Waals surface area contributed by atoms with Gasteiger partial charge in [-0.1, -0.05) is 30.3 Å². The van der Waals surface area contributed by atoms with E-state index in [0.29, 0.717) is 12.1 Å². The summed E-state index contributed by atoms with van der Waals surface area (Å²) < 4.78 is 5.31. The van der Waals surface area contributed by atoms with E-state index in [9.17, 15) is 4.79 Å². The number of rotatable bonds is 6. The molecule has 3 aliphatic rings. The number of hydrogen-bond donors (Lipinski definition) is 1. The minimum Gasteiger partial charge on any atom is -0.384 e. The molecule has 2 saturated heterocycles. The fourth-order valence-corrected chi connectivity index (χ4v) is 4.71. The molecule has 1 saturated carbocycles. The van der Waals surface area contributed by atoms with Gasteiger partial charge in [0, 0.05) is 31.2 Å². The van der Waals surface area contributed by atoms with Gasteiger partial charge < -0.3 is 10.1 Å². The molecule has 3 atom stereocenters. The Morgan fingerprint density at radius 3 is 2.83 bits per heavy atom. The minimum absolute atomic E-state index is 0.135. The predicted molar refractivity (Wildman–Crippen MR) is 93.6 cm³/mol. The highest BCUT2D eigenvalue weighted by atomic mass is 16.5. The number of nitrogens with one attached hydrogen (secondary N) is 1. The van der Waals surface area contributed by atoms with Gasteiger partial charge in [-0.3, -0.25) is 9.69 Å². The van der Waals surface area contributed by atoms with Crippen LogP contribution in [0.1, 0.15) is 43.7 Å². The summed E-state index contributed by atoms with van der Waals surface area (Å²) in [7, 11) is 1.75. The first-order valence-corrected chi connectivity index (χ1v) is 9.30. The summed E-state index contributed by atoms with van der Waals surface area (Å²) in [5, 5.41) is 3.25. The highest BCUT2D eigenvalue weighted by Gasteiger charge is 2.48. The fourth-order valence-electron chi connectivity index (χ4n) is 4.71. The molecule has 130 valence electrons. The van der Waals surface area contributed by atoms with Gasteiger partial charge in [0.25, 0.3) is 0 Å². The van der Waals surface area contributed by atoms with Gasteiger partial charge in [-0.15, -0.1) is 0 Å². The van der Waals surface area contributed by atoms with Gasteiger partial charge in [0.1, 0.15) is 0 Å². The van der Waals surface area contributed by atoms with E-state index in [0.717, 1.165) is 32.5 Å². The molecule has 2 heterocycles. The van der Waals surface area contributed by atoms with Gasteiger partial charge in [0.05, 0.1) is 12.5 Å². The summed E-state index contributed by atoms with van der Waals surface area (Å²) in [6, 6.07) is 11.5. The second-order valence-electron chi connectivity index (χ2n) is 7.87. The Hall–Kier alpha value is -1.39. The first-order chi connectivity index (χ1) is 11.7. The van der Waals surface area contributed by atoms with Crippen LogP contribution in [0.25, 0.3) is 0 Å². The largest absolute Gasteiger partial charge is 0.384 e. The van der Waals surface area contributed by atoms with E-state index in [1.807, 2.05) is 0 Å². The van der Waals surface area contributed by atoms with Crippen molar-refractivity contribution in [2.45, 2.75) is 44.2 Å². The van der Waals surface area contributed by atoms with Crippen LogP contribution in [0.3, 0.4) is 0 Å². The Balaban J connectivity index is 1.42. The maximum Gasteiger partial charge on any atom is 0.224 e. The fraction of sp³-hybridized carbons (Fsp3) is 0.650.